The zero-order chi connectivity index (χ0) is 17.1. The van der Waals surface area contributed by atoms with Gasteiger partial charge in [0, 0.05) is 17.4 Å². The van der Waals surface area contributed by atoms with E-state index in [9.17, 15) is 4.79 Å². The van der Waals surface area contributed by atoms with Crippen LogP contribution in [-0.2, 0) is 0 Å². The summed E-state index contributed by atoms with van der Waals surface area (Å²) >= 11 is 0. The van der Waals surface area contributed by atoms with E-state index in [1.807, 2.05) is 83.7 Å². The van der Waals surface area contributed by atoms with E-state index in [1.54, 1.807) is 0 Å². The molecule has 3 aromatic carbocycles. The summed E-state index contributed by atoms with van der Waals surface area (Å²) in [7, 11) is 0. The number of nitrogens with zero attached hydrogens (tertiary/aromatic N) is 2. The van der Waals surface area contributed by atoms with E-state index in [4.69, 9.17) is 0 Å². The summed E-state index contributed by atoms with van der Waals surface area (Å²) in [6.07, 6.45) is 2.23. The molecule has 1 heterocycles. The van der Waals surface area contributed by atoms with Crippen LogP contribution in [0.3, 0.4) is 0 Å². The summed E-state index contributed by atoms with van der Waals surface area (Å²) in [5.41, 5.74) is 2.86. The fraction of sp³-hybridized carbons (Fsp3) is 0.0909. The fourth-order valence-corrected chi connectivity index (χ4v) is 3.18. The van der Waals surface area contributed by atoms with Crippen LogP contribution in [0, 0.1) is 0 Å². The molecule has 122 valence electrons. The monoisotopic (exact) mass is 326 g/mol. The molecule has 0 aliphatic rings. The minimum Gasteiger partial charge on any atom is -0.294 e. The predicted octanol–water partition coefficient (Wildman–Crippen LogP) is 4.90. The van der Waals surface area contributed by atoms with E-state index in [1.165, 1.54) is 0 Å². The number of fused-ring (bicyclic) bond motifs is 1. The second-order valence-corrected chi connectivity index (χ2v) is 6.07. The molecule has 25 heavy (non-hydrogen) atoms. The summed E-state index contributed by atoms with van der Waals surface area (Å²) in [5, 5.41) is 5.66. The Morgan fingerprint density at radius 1 is 0.840 bits per heavy atom. The maximum atomic E-state index is 12.8. The third kappa shape index (κ3) is 3.09. The molecule has 0 amide bonds. The maximum Gasteiger partial charge on any atom is 0.165 e. The normalized spacial score (nSPS) is 12.2. The Hall–Kier alpha value is -3.20. The molecule has 1 aromatic heterocycles. The number of aromatic nitrogens is 2. The number of carbonyl (C=O) groups is 1. The van der Waals surface area contributed by atoms with Crippen molar-refractivity contribution in [2.45, 2.75) is 12.5 Å². The largest absolute Gasteiger partial charge is 0.294 e. The number of Topliss-reactive ketones (excluding diaryl/α,β-unsaturated/α-hetero) is 1. The van der Waals surface area contributed by atoms with Gasteiger partial charge in [0.1, 0.15) is 0 Å². The Bertz CT molecular complexity index is 990. The number of benzene rings is 3. The van der Waals surface area contributed by atoms with Crippen molar-refractivity contribution in [3.63, 3.8) is 0 Å². The van der Waals surface area contributed by atoms with Gasteiger partial charge in [-0.2, -0.15) is 5.10 Å². The molecular weight excluding hydrogens is 308 g/mol. The Labute approximate surface area is 146 Å². The van der Waals surface area contributed by atoms with Gasteiger partial charge in [-0.15, -0.1) is 0 Å². The first-order valence-electron chi connectivity index (χ1n) is 8.38. The highest BCUT2D eigenvalue weighted by Gasteiger charge is 2.21. The van der Waals surface area contributed by atoms with Crippen molar-refractivity contribution in [2.75, 3.05) is 0 Å². The van der Waals surface area contributed by atoms with E-state index in [0.29, 0.717) is 6.42 Å². The van der Waals surface area contributed by atoms with Gasteiger partial charge >= 0.3 is 0 Å². The SMILES string of the molecule is O=C(C[C@H](c1ccccc1)n1ncc2ccccc21)c1ccccc1. The highest BCUT2D eigenvalue weighted by molar-refractivity contribution is 5.96. The molecule has 0 bridgehead atoms. The van der Waals surface area contributed by atoms with Gasteiger partial charge in [-0.3, -0.25) is 9.48 Å². The van der Waals surface area contributed by atoms with Gasteiger partial charge < -0.3 is 0 Å². The first kappa shape index (κ1) is 15.3. The summed E-state index contributed by atoms with van der Waals surface area (Å²) in [6, 6.07) is 27.5. The highest BCUT2D eigenvalue weighted by Crippen LogP contribution is 2.27. The molecule has 0 radical (unpaired) electrons. The van der Waals surface area contributed by atoms with Gasteiger partial charge in [0.05, 0.1) is 17.8 Å². The van der Waals surface area contributed by atoms with Crippen molar-refractivity contribution in [2.24, 2.45) is 0 Å². The van der Waals surface area contributed by atoms with Gasteiger partial charge in [0.15, 0.2) is 5.78 Å². The van der Waals surface area contributed by atoms with E-state index >= 15 is 0 Å². The second-order valence-electron chi connectivity index (χ2n) is 6.07. The lowest BCUT2D eigenvalue weighted by molar-refractivity contribution is 0.0968. The van der Waals surface area contributed by atoms with Crippen LogP contribution in [0.15, 0.2) is 91.1 Å². The Kier molecular flexibility index (Phi) is 4.13. The molecule has 3 nitrogen and oxygen atoms in total. The molecule has 0 saturated carbocycles. The lowest BCUT2D eigenvalue weighted by Gasteiger charge is -2.19. The number of hydrogen-bond acceptors (Lipinski definition) is 2. The minimum absolute atomic E-state index is 0.119. The van der Waals surface area contributed by atoms with Crippen molar-refractivity contribution >= 4 is 16.7 Å². The third-order valence-electron chi connectivity index (χ3n) is 4.46. The fourth-order valence-electron chi connectivity index (χ4n) is 3.18. The molecule has 0 fully saturated rings. The zero-order valence-corrected chi connectivity index (χ0v) is 13.7. The van der Waals surface area contributed by atoms with Gasteiger partial charge in [0.2, 0.25) is 0 Å². The number of para-hydroxylation sites is 1. The molecular formula is C22H18N2O. The summed E-state index contributed by atoms with van der Waals surface area (Å²) in [4.78, 5) is 12.8. The molecule has 4 rings (SSSR count). The van der Waals surface area contributed by atoms with Gasteiger partial charge in [-0.1, -0.05) is 78.9 Å². The van der Waals surface area contributed by atoms with Crippen molar-refractivity contribution in [3.05, 3.63) is 102 Å². The van der Waals surface area contributed by atoms with Gasteiger partial charge in [-0.25, -0.2) is 0 Å². The van der Waals surface area contributed by atoms with Gasteiger partial charge in [-0.05, 0) is 11.6 Å². The average molecular weight is 326 g/mol. The maximum absolute atomic E-state index is 12.8. The average Bonchev–Trinajstić information content (AvgIpc) is 3.11. The molecule has 0 aliphatic heterocycles. The standard InChI is InChI=1S/C22H18N2O/c25-22(18-11-5-2-6-12-18)15-21(17-9-3-1-4-10-17)24-20-14-8-7-13-19(20)16-23-24/h1-14,16,21H,15H2/t21-/m1/s1. The predicted molar refractivity (Wildman–Crippen MR) is 99.7 cm³/mol. The van der Waals surface area contributed by atoms with Crippen LogP contribution in [0.4, 0.5) is 0 Å². The van der Waals surface area contributed by atoms with Crippen LogP contribution >= 0.6 is 0 Å². The Balaban J connectivity index is 1.76. The lowest BCUT2D eigenvalue weighted by atomic mass is 9.98. The molecule has 0 spiro atoms. The second kappa shape index (κ2) is 6.73. The van der Waals surface area contributed by atoms with Crippen molar-refractivity contribution in [3.8, 4) is 0 Å². The molecule has 0 saturated heterocycles. The van der Waals surface area contributed by atoms with Crippen LogP contribution in [0.25, 0.3) is 10.9 Å². The van der Waals surface area contributed by atoms with Crippen LogP contribution in [0.5, 0.6) is 0 Å². The van der Waals surface area contributed by atoms with Crippen molar-refractivity contribution in [1.29, 1.82) is 0 Å². The van der Waals surface area contributed by atoms with E-state index in [2.05, 4.69) is 17.2 Å². The van der Waals surface area contributed by atoms with Gasteiger partial charge in [0.25, 0.3) is 0 Å². The van der Waals surface area contributed by atoms with Crippen LogP contribution in [0.2, 0.25) is 0 Å². The van der Waals surface area contributed by atoms with Crippen LogP contribution < -0.4 is 0 Å². The van der Waals surface area contributed by atoms with E-state index < -0.39 is 0 Å². The topological polar surface area (TPSA) is 34.9 Å². The highest BCUT2D eigenvalue weighted by atomic mass is 16.1. The first-order valence-corrected chi connectivity index (χ1v) is 8.38. The molecule has 0 aliphatic carbocycles. The number of ketones is 1. The Morgan fingerprint density at radius 2 is 1.48 bits per heavy atom. The smallest absolute Gasteiger partial charge is 0.165 e. The third-order valence-corrected chi connectivity index (χ3v) is 4.46. The van der Waals surface area contributed by atoms with Crippen LogP contribution in [0.1, 0.15) is 28.4 Å². The van der Waals surface area contributed by atoms with Crippen LogP contribution in [-0.4, -0.2) is 15.6 Å². The number of hydrogen-bond donors (Lipinski definition) is 0. The molecule has 0 unspecified atom stereocenters. The minimum atomic E-state index is -0.131. The quantitative estimate of drug-likeness (QED) is 0.489. The molecule has 1 atom stereocenters. The van der Waals surface area contributed by atoms with Crippen molar-refractivity contribution < 1.29 is 4.79 Å². The lowest BCUT2D eigenvalue weighted by Crippen LogP contribution is -2.16. The molecule has 4 aromatic rings. The van der Waals surface area contributed by atoms with E-state index in [-0.39, 0.29) is 11.8 Å². The first-order chi connectivity index (χ1) is 12.3. The molecule has 0 N–H and O–H groups in total. The van der Waals surface area contributed by atoms with Crippen molar-refractivity contribution in [1.82, 2.24) is 9.78 Å². The number of rotatable bonds is 5. The summed E-state index contributed by atoms with van der Waals surface area (Å²) in [5.74, 6) is 0.119. The number of carbonyl (C=O) groups excluding carboxylic acids is 1. The van der Waals surface area contributed by atoms with E-state index in [0.717, 1.165) is 22.0 Å². The summed E-state index contributed by atoms with van der Waals surface area (Å²) in [6.45, 7) is 0. The zero-order valence-electron chi connectivity index (χ0n) is 13.7. The summed E-state index contributed by atoms with van der Waals surface area (Å²) < 4.78 is 1.96. The Morgan fingerprint density at radius 3 is 2.24 bits per heavy atom. The molecule has 3 heteroatoms.